The highest BCUT2D eigenvalue weighted by Crippen LogP contribution is 2.25. The average molecular weight is 269 g/mol. The lowest BCUT2D eigenvalue weighted by Gasteiger charge is -2.07. The van der Waals surface area contributed by atoms with E-state index in [-0.39, 0.29) is 5.78 Å². The molecular weight excluding hydrogens is 254 g/mol. The maximum Gasteiger partial charge on any atom is 0.193 e. The highest BCUT2D eigenvalue weighted by Gasteiger charge is 2.16. The fraction of sp³-hybridized carbons (Fsp3) is 0.188. The molecule has 1 aliphatic rings. The smallest absolute Gasteiger partial charge is 0.193 e. The van der Waals surface area contributed by atoms with Gasteiger partial charge < -0.3 is 15.2 Å². The summed E-state index contributed by atoms with van der Waals surface area (Å²) in [6.07, 6.45) is 0. The largest absolute Gasteiger partial charge is 0.495 e. The zero-order chi connectivity index (χ0) is 14.1. The topological polar surface area (TPSA) is 61.5 Å². The Hall–Kier alpha value is -2.33. The second-order valence-electron chi connectivity index (χ2n) is 4.76. The Kier molecular flexibility index (Phi) is 3.16. The van der Waals surface area contributed by atoms with Crippen LogP contribution in [0.25, 0.3) is 0 Å². The van der Waals surface area contributed by atoms with E-state index in [1.54, 1.807) is 25.3 Å². The third kappa shape index (κ3) is 2.14. The van der Waals surface area contributed by atoms with Crippen molar-refractivity contribution in [3.05, 3.63) is 58.7 Å². The van der Waals surface area contributed by atoms with Crippen LogP contribution < -0.4 is 10.5 Å². The van der Waals surface area contributed by atoms with Gasteiger partial charge in [-0.05, 0) is 35.4 Å². The molecule has 2 aromatic rings. The molecule has 3 rings (SSSR count). The molecule has 0 aliphatic carbocycles. The Balaban J connectivity index is 1.94. The van der Waals surface area contributed by atoms with E-state index in [0.29, 0.717) is 35.8 Å². The highest BCUT2D eigenvalue weighted by molar-refractivity contribution is 6.09. The molecule has 0 aromatic heterocycles. The average Bonchev–Trinajstić information content (AvgIpc) is 2.93. The Morgan fingerprint density at radius 3 is 2.55 bits per heavy atom. The third-order valence-corrected chi connectivity index (χ3v) is 3.48. The Bertz CT molecular complexity index is 679. The normalized spacial score (nSPS) is 13.1. The number of benzene rings is 2. The molecule has 1 heterocycles. The third-order valence-electron chi connectivity index (χ3n) is 3.48. The van der Waals surface area contributed by atoms with Gasteiger partial charge in [0, 0.05) is 11.1 Å². The van der Waals surface area contributed by atoms with E-state index in [2.05, 4.69) is 0 Å². The SMILES string of the molecule is COc1ccc(C(=O)c2ccc3c(c2)COC3)cc1N. The Morgan fingerprint density at radius 1 is 1.10 bits per heavy atom. The van der Waals surface area contributed by atoms with Crippen molar-refractivity contribution in [2.45, 2.75) is 13.2 Å². The minimum Gasteiger partial charge on any atom is -0.495 e. The van der Waals surface area contributed by atoms with Crippen molar-refractivity contribution in [3.8, 4) is 5.75 Å². The number of methoxy groups -OCH3 is 1. The molecule has 1 aliphatic heterocycles. The molecule has 0 saturated heterocycles. The lowest BCUT2D eigenvalue weighted by molar-refractivity contribution is 0.103. The van der Waals surface area contributed by atoms with Crippen molar-refractivity contribution in [1.29, 1.82) is 0 Å². The molecule has 102 valence electrons. The van der Waals surface area contributed by atoms with Gasteiger partial charge in [0.2, 0.25) is 0 Å². The number of anilines is 1. The van der Waals surface area contributed by atoms with Crippen LogP contribution in [0.5, 0.6) is 5.75 Å². The van der Waals surface area contributed by atoms with Crippen LogP contribution >= 0.6 is 0 Å². The summed E-state index contributed by atoms with van der Waals surface area (Å²) in [5.41, 5.74) is 9.74. The standard InChI is InChI=1S/C16H15NO3/c1-19-15-5-4-11(7-14(15)17)16(18)10-2-3-12-8-20-9-13(12)6-10/h2-7H,8-9,17H2,1H3. The van der Waals surface area contributed by atoms with Crippen LogP contribution in [0.3, 0.4) is 0 Å². The first-order valence-electron chi connectivity index (χ1n) is 6.37. The van der Waals surface area contributed by atoms with Gasteiger partial charge in [0.05, 0.1) is 26.0 Å². The van der Waals surface area contributed by atoms with Gasteiger partial charge in [0.1, 0.15) is 5.75 Å². The van der Waals surface area contributed by atoms with E-state index in [0.717, 1.165) is 11.1 Å². The van der Waals surface area contributed by atoms with Crippen molar-refractivity contribution in [2.75, 3.05) is 12.8 Å². The van der Waals surface area contributed by atoms with Crippen LogP contribution in [-0.2, 0) is 18.0 Å². The van der Waals surface area contributed by atoms with Gasteiger partial charge in [-0.15, -0.1) is 0 Å². The lowest BCUT2D eigenvalue weighted by atomic mass is 9.99. The fourth-order valence-electron chi connectivity index (χ4n) is 2.36. The number of hydrogen-bond acceptors (Lipinski definition) is 4. The number of nitrogen functional groups attached to an aromatic ring is 1. The Morgan fingerprint density at radius 2 is 1.80 bits per heavy atom. The van der Waals surface area contributed by atoms with Crippen LogP contribution in [0.1, 0.15) is 27.0 Å². The van der Waals surface area contributed by atoms with Gasteiger partial charge in [0.25, 0.3) is 0 Å². The van der Waals surface area contributed by atoms with E-state index in [1.165, 1.54) is 0 Å². The first-order chi connectivity index (χ1) is 9.69. The summed E-state index contributed by atoms with van der Waals surface area (Å²) in [5.74, 6) is 0.526. The minimum atomic E-state index is -0.0472. The van der Waals surface area contributed by atoms with E-state index >= 15 is 0 Å². The van der Waals surface area contributed by atoms with Gasteiger partial charge >= 0.3 is 0 Å². The van der Waals surface area contributed by atoms with Gasteiger partial charge in [0.15, 0.2) is 5.78 Å². The minimum absolute atomic E-state index is 0.0472. The molecule has 0 amide bonds. The van der Waals surface area contributed by atoms with Crippen molar-refractivity contribution in [2.24, 2.45) is 0 Å². The summed E-state index contributed by atoms with van der Waals surface area (Å²) in [5, 5.41) is 0. The van der Waals surface area contributed by atoms with Crippen LogP contribution in [0.15, 0.2) is 36.4 Å². The van der Waals surface area contributed by atoms with Crippen molar-refractivity contribution >= 4 is 11.5 Å². The molecule has 0 saturated carbocycles. The molecule has 2 N–H and O–H groups in total. The summed E-state index contributed by atoms with van der Waals surface area (Å²) in [7, 11) is 1.55. The van der Waals surface area contributed by atoms with E-state index in [4.69, 9.17) is 15.2 Å². The molecule has 0 radical (unpaired) electrons. The lowest BCUT2D eigenvalue weighted by Crippen LogP contribution is -2.04. The molecule has 0 spiro atoms. The number of carbonyl (C=O) groups excluding carboxylic acids is 1. The zero-order valence-corrected chi connectivity index (χ0v) is 11.2. The Labute approximate surface area is 117 Å². The van der Waals surface area contributed by atoms with E-state index in [1.807, 2.05) is 18.2 Å². The molecule has 0 bridgehead atoms. The maximum atomic E-state index is 12.5. The van der Waals surface area contributed by atoms with Gasteiger partial charge in [-0.1, -0.05) is 12.1 Å². The van der Waals surface area contributed by atoms with Gasteiger partial charge in [-0.2, -0.15) is 0 Å². The molecule has 20 heavy (non-hydrogen) atoms. The number of carbonyl (C=O) groups is 1. The van der Waals surface area contributed by atoms with Crippen molar-refractivity contribution in [1.82, 2.24) is 0 Å². The zero-order valence-electron chi connectivity index (χ0n) is 11.2. The van der Waals surface area contributed by atoms with Crippen molar-refractivity contribution in [3.63, 3.8) is 0 Å². The van der Waals surface area contributed by atoms with Gasteiger partial charge in [-0.25, -0.2) is 0 Å². The highest BCUT2D eigenvalue weighted by atomic mass is 16.5. The first kappa shape index (κ1) is 12.7. The summed E-state index contributed by atoms with van der Waals surface area (Å²) in [6, 6.07) is 10.7. The van der Waals surface area contributed by atoms with Crippen LogP contribution in [0.2, 0.25) is 0 Å². The molecule has 2 aromatic carbocycles. The second kappa shape index (κ2) is 4.98. The predicted molar refractivity (Wildman–Crippen MR) is 75.8 cm³/mol. The molecule has 0 fully saturated rings. The number of ketones is 1. The maximum absolute atomic E-state index is 12.5. The number of rotatable bonds is 3. The van der Waals surface area contributed by atoms with Gasteiger partial charge in [-0.3, -0.25) is 4.79 Å². The molecule has 0 atom stereocenters. The quantitative estimate of drug-likeness (QED) is 0.687. The number of hydrogen-bond donors (Lipinski definition) is 1. The molecular formula is C16H15NO3. The number of nitrogens with two attached hydrogens (primary N) is 1. The van der Waals surface area contributed by atoms with Crippen LogP contribution in [0.4, 0.5) is 5.69 Å². The molecule has 4 heteroatoms. The van der Waals surface area contributed by atoms with Crippen LogP contribution in [-0.4, -0.2) is 12.9 Å². The molecule has 0 unspecified atom stereocenters. The number of fused-ring (bicyclic) bond motifs is 1. The van der Waals surface area contributed by atoms with Crippen LogP contribution in [0, 0.1) is 0 Å². The predicted octanol–water partition coefficient (Wildman–Crippen LogP) is 2.54. The monoisotopic (exact) mass is 269 g/mol. The van der Waals surface area contributed by atoms with E-state index < -0.39 is 0 Å². The summed E-state index contributed by atoms with van der Waals surface area (Å²) < 4.78 is 10.5. The fourth-order valence-corrected chi connectivity index (χ4v) is 2.36. The first-order valence-corrected chi connectivity index (χ1v) is 6.37. The summed E-state index contributed by atoms with van der Waals surface area (Å²) in [4.78, 5) is 12.5. The summed E-state index contributed by atoms with van der Waals surface area (Å²) in [6.45, 7) is 1.19. The second-order valence-corrected chi connectivity index (χ2v) is 4.76. The van der Waals surface area contributed by atoms with Crippen molar-refractivity contribution < 1.29 is 14.3 Å². The van der Waals surface area contributed by atoms with E-state index in [9.17, 15) is 4.79 Å². The summed E-state index contributed by atoms with van der Waals surface area (Å²) >= 11 is 0. The molecule has 4 nitrogen and oxygen atoms in total. The number of ether oxygens (including phenoxy) is 2.